The Balaban J connectivity index is 1.16. The lowest BCUT2D eigenvalue weighted by molar-refractivity contribution is -0.112. The van der Waals surface area contributed by atoms with E-state index in [1.807, 2.05) is 49.0 Å². The Morgan fingerprint density at radius 2 is 1.87 bits per heavy atom. The van der Waals surface area contributed by atoms with E-state index < -0.39 is 0 Å². The van der Waals surface area contributed by atoms with Gasteiger partial charge in [-0.2, -0.15) is 5.10 Å². The molecule has 0 aromatic carbocycles. The summed E-state index contributed by atoms with van der Waals surface area (Å²) in [7, 11) is 1.82. The number of anilines is 1. The van der Waals surface area contributed by atoms with Crippen LogP contribution in [0.5, 0.6) is 0 Å². The standard InChI is InChI=1S/C29H39N7O3/c1-21(2)32-28(37)35-14-12-34(13-15-35)26-6-9-31-36-18-22(16-27(26)36)25-5-4-23(17-30-25)29(38-3)7-10-33(11-8-29)24-19-39-20-24/h4-6,9,16-18,21,24H,7-8,10-15,19-20H2,1-3H3,(H,32,37). The monoisotopic (exact) mass is 533 g/mol. The molecule has 3 aliphatic rings. The third kappa shape index (κ3) is 5.08. The maximum Gasteiger partial charge on any atom is 0.317 e. The summed E-state index contributed by atoms with van der Waals surface area (Å²) in [6, 6.07) is 9.21. The molecule has 10 heteroatoms. The van der Waals surface area contributed by atoms with Gasteiger partial charge in [-0.15, -0.1) is 0 Å². The van der Waals surface area contributed by atoms with Gasteiger partial charge in [0, 0.05) is 82.1 Å². The molecule has 39 heavy (non-hydrogen) atoms. The van der Waals surface area contributed by atoms with E-state index in [-0.39, 0.29) is 17.7 Å². The summed E-state index contributed by atoms with van der Waals surface area (Å²) >= 11 is 0. The molecule has 6 heterocycles. The van der Waals surface area contributed by atoms with Crippen LogP contribution in [0.2, 0.25) is 0 Å². The molecule has 6 rings (SSSR count). The van der Waals surface area contributed by atoms with Crippen molar-refractivity contribution in [1.82, 2.24) is 29.7 Å². The van der Waals surface area contributed by atoms with Crippen LogP contribution in [-0.2, 0) is 15.1 Å². The van der Waals surface area contributed by atoms with E-state index in [0.717, 1.165) is 80.3 Å². The Hall–Kier alpha value is -3.21. The van der Waals surface area contributed by atoms with Crippen LogP contribution in [0.3, 0.4) is 0 Å². The van der Waals surface area contributed by atoms with Crippen molar-refractivity contribution < 1.29 is 14.3 Å². The normalized spacial score (nSPS) is 20.4. The maximum absolute atomic E-state index is 12.4. The fourth-order valence-corrected chi connectivity index (χ4v) is 6.03. The van der Waals surface area contributed by atoms with Gasteiger partial charge in [-0.1, -0.05) is 6.07 Å². The second kappa shape index (κ2) is 10.7. The van der Waals surface area contributed by atoms with Crippen molar-refractivity contribution in [2.75, 3.05) is 64.5 Å². The van der Waals surface area contributed by atoms with Crippen molar-refractivity contribution in [3.05, 3.63) is 48.4 Å². The van der Waals surface area contributed by atoms with E-state index in [1.54, 1.807) is 0 Å². The maximum atomic E-state index is 12.4. The molecule has 0 saturated carbocycles. The number of rotatable bonds is 6. The van der Waals surface area contributed by atoms with E-state index in [1.165, 1.54) is 0 Å². The summed E-state index contributed by atoms with van der Waals surface area (Å²) < 4.78 is 13.4. The zero-order chi connectivity index (χ0) is 27.0. The Labute approximate surface area is 229 Å². The van der Waals surface area contributed by atoms with Crippen molar-refractivity contribution in [3.63, 3.8) is 0 Å². The Kier molecular flexibility index (Phi) is 7.18. The Bertz CT molecular complexity index is 1290. The quantitative estimate of drug-likeness (QED) is 0.521. The number of amides is 2. The van der Waals surface area contributed by atoms with Gasteiger partial charge in [-0.05, 0) is 44.9 Å². The third-order valence-corrected chi connectivity index (χ3v) is 8.52. The van der Waals surface area contributed by atoms with E-state index in [2.05, 4.69) is 44.5 Å². The van der Waals surface area contributed by atoms with Crippen LogP contribution in [0, 0.1) is 0 Å². The molecule has 3 aliphatic heterocycles. The molecule has 0 radical (unpaired) electrons. The summed E-state index contributed by atoms with van der Waals surface area (Å²) in [5.41, 5.74) is 4.96. The minimum Gasteiger partial charge on any atom is -0.378 e. The number of likely N-dealkylation sites (tertiary alicyclic amines) is 1. The molecule has 0 bridgehead atoms. The average molecular weight is 534 g/mol. The smallest absolute Gasteiger partial charge is 0.317 e. The number of aromatic nitrogens is 3. The first-order chi connectivity index (χ1) is 19.0. The number of nitrogens with one attached hydrogen (secondary N) is 1. The minimum absolute atomic E-state index is 0.0118. The fourth-order valence-electron chi connectivity index (χ4n) is 6.03. The molecule has 10 nitrogen and oxygen atoms in total. The number of urea groups is 1. The lowest BCUT2D eigenvalue weighted by Crippen LogP contribution is -2.54. The summed E-state index contributed by atoms with van der Waals surface area (Å²) in [5.74, 6) is 0. The Morgan fingerprint density at radius 1 is 1.10 bits per heavy atom. The van der Waals surface area contributed by atoms with Crippen LogP contribution in [0.15, 0.2) is 42.9 Å². The molecule has 0 unspecified atom stereocenters. The van der Waals surface area contributed by atoms with Gasteiger partial charge in [-0.25, -0.2) is 9.31 Å². The first-order valence-electron chi connectivity index (χ1n) is 14.1. The van der Waals surface area contributed by atoms with Crippen LogP contribution in [0.4, 0.5) is 10.5 Å². The molecule has 0 spiro atoms. The molecule has 0 atom stereocenters. The number of hydrogen-bond donors (Lipinski definition) is 1. The van der Waals surface area contributed by atoms with Crippen LogP contribution in [0.25, 0.3) is 16.8 Å². The van der Waals surface area contributed by atoms with E-state index >= 15 is 0 Å². The van der Waals surface area contributed by atoms with Gasteiger partial charge in [-0.3, -0.25) is 9.88 Å². The Morgan fingerprint density at radius 3 is 2.49 bits per heavy atom. The fraction of sp³-hybridized carbons (Fsp3) is 0.552. The number of pyridine rings is 1. The lowest BCUT2D eigenvalue weighted by atomic mass is 9.84. The van der Waals surface area contributed by atoms with E-state index in [0.29, 0.717) is 19.1 Å². The van der Waals surface area contributed by atoms with Crippen molar-refractivity contribution in [2.24, 2.45) is 0 Å². The van der Waals surface area contributed by atoms with Gasteiger partial charge in [0.1, 0.15) is 0 Å². The summed E-state index contributed by atoms with van der Waals surface area (Å²) in [5, 5.41) is 7.55. The highest BCUT2D eigenvalue weighted by atomic mass is 16.5. The van der Waals surface area contributed by atoms with Gasteiger partial charge >= 0.3 is 6.03 Å². The summed E-state index contributed by atoms with van der Waals surface area (Å²) in [6.45, 7) is 10.6. The van der Waals surface area contributed by atoms with Crippen LogP contribution in [0.1, 0.15) is 32.3 Å². The van der Waals surface area contributed by atoms with Crippen LogP contribution < -0.4 is 10.2 Å². The van der Waals surface area contributed by atoms with Gasteiger partial charge in [0.15, 0.2) is 0 Å². The molecule has 1 N–H and O–H groups in total. The number of methoxy groups -OCH3 is 1. The molecule has 3 saturated heterocycles. The number of hydrogen-bond acceptors (Lipinski definition) is 7. The minimum atomic E-state index is -0.291. The zero-order valence-electron chi connectivity index (χ0n) is 23.2. The van der Waals surface area contributed by atoms with Gasteiger partial charge < -0.3 is 24.6 Å². The summed E-state index contributed by atoms with van der Waals surface area (Å²) in [6.07, 6.45) is 7.77. The molecule has 2 amide bonds. The molecule has 3 fully saturated rings. The van der Waals surface area contributed by atoms with Crippen molar-refractivity contribution in [1.29, 1.82) is 0 Å². The van der Waals surface area contributed by atoms with E-state index in [9.17, 15) is 4.79 Å². The number of nitrogens with zero attached hydrogens (tertiary/aromatic N) is 6. The van der Waals surface area contributed by atoms with Gasteiger partial charge in [0.2, 0.25) is 0 Å². The second-order valence-electron chi connectivity index (χ2n) is 11.2. The zero-order valence-corrected chi connectivity index (χ0v) is 23.2. The second-order valence-corrected chi connectivity index (χ2v) is 11.2. The predicted molar refractivity (Wildman–Crippen MR) is 150 cm³/mol. The van der Waals surface area contributed by atoms with Crippen LogP contribution in [-0.4, -0.2) is 102 Å². The van der Waals surface area contributed by atoms with Crippen molar-refractivity contribution >= 4 is 17.2 Å². The third-order valence-electron chi connectivity index (χ3n) is 8.52. The van der Waals surface area contributed by atoms with E-state index in [4.69, 9.17) is 14.5 Å². The number of carbonyl (C=O) groups is 1. The topological polar surface area (TPSA) is 87.5 Å². The van der Waals surface area contributed by atoms with Crippen molar-refractivity contribution in [3.8, 4) is 11.3 Å². The highest BCUT2D eigenvalue weighted by molar-refractivity contribution is 5.79. The van der Waals surface area contributed by atoms with Crippen LogP contribution >= 0.6 is 0 Å². The number of carbonyl (C=O) groups excluding carboxylic acids is 1. The average Bonchev–Trinajstić information content (AvgIpc) is 3.37. The largest absolute Gasteiger partial charge is 0.378 e. The molecule has 0 aliphatic carbocycles. The molecular formula is C29H39N7O3. The number of piperidine rings is 1. The molecule has 208 valence electrons. The lowest BCUT2D eigenvalue weighted by Gasteiger charge is -2.46. The van der Waals surface area contributed by atoms with Crippen molar-refractivity contribution in [2.45, 2.75) is 44.4 Å². The van der Waals surface area contributed by atoms with Gasteiger partial charge in [0.05, 0.1) is 41.8 Å². The number of fused-ring (bicyclic) bond motifs is 1. The first kappa shape index (κ1) is 26.0. The predicted octanol–water partition coefficient (Wildman–Crippen LogP) is 2.97. The SMILES string of the molecule is COC1(c2ccc(-c3cc4c(N5CCN(C(=O)NC(C)C)CC5)ccnn4c3)nc2)CCN(C2COC2)CC1. The molecule has 3 aromatic heterocycles. The molecule has 3 aromatic rings. The first-order valence-corrected chi connectivity index (χ1v) is 14.1. The highest BCUT2D eigenvalue weighted by Gasteiger charge is 2.39. The summed E-state index contributed by atoms with van der Waals surface area (Å²) in [4.78, 5) is 24.0. The van der Waals surface area contributed by atoms with Gasteiger partial charge in [0.25, 0.3) is 0 Å². The number of ether oxygens (including phenoxy) is 2. The highest BCUT2D eigenvalue weighted by Crippen LogP contribution is 2.38. The number of piperazine rings is 1. The molecular weight excluding hydrogens is 494 g/mol.